The molecule has 1 heterocycles. The van der Waals surface area contributed by atoms with Gasteiger partial charge in [0.25, 0.3) is 0 Å². The van der Waals surface area contributed by atoms with E-state index in [0.29, 0.717) is 6.61 Å². The molecule has 0 aromatic heterocycles. The second kappa shape index (κ2) is 6.16. The van der Waals surface area contributed by atoms with Crippen molar-refractivity contribution in [2.45, 2.75) is 26.1 Å². The van der Waals surface area contributed by atoms with Gasteiger partial charge in [0.15, 0.2) is 0 Å². The van der Waals surface area contributed by atoms with E-state index in [4.69, 9.17) is 9.47 Å². The molecule has 5 nitrogen and oxygen atoms in total. The first-order chi connectivity index (χ1) is 8.75. The van der Waals surface area contributed by atoms with Crippen LogP contribution >= 0.6 is 0 Å². The second-order valence-corrected chi connectivity index (χ2v) is 4.04. The Balaban J connectivity index is 1.76. The summed E-state index contributed by atoms with van der Waals surface area (Å²) in [5.41, 5.74) is 4.15. The number of ether oxygens (including phenoxy) is 2. The average Bonchev–Trinajstić information content (AvgIpc) is 2.81. The Kier molecular flexibility index (Phi) is 4.30. The molecule has 5 heteroatoms. The van der Waals surface area contributed by atoms with Gasteiger partial charge in [-0.05, 0) is 12.5 Å². The van der Waals surface area contributed by atoms with Crippen LogP contribution in [-0.2, 0) is 16.1 Å². The minimum atomic E-state index is -0.551. The first-order valence-electron chi connectivity index (χ1n) is 5.90. The zero-order chi connectivity index (χ0) is 12.8. The molecular formula is C13H16N2O3. The van der Waals surface area contributed by atoms with Crippen LogP contribution in [-0.4, -0.2) is 24.5 Å². The molecule has 1 saturated heterocycles. The van der Waals surface area contributed by atoms with Crippen LogP contribution in [0.4, 0.5) is 4.79 Å². The fraction of sp³-hybridized carbons (Fsp3) is 0.385. The van der Waals surface area contributed by atoms with Crippen molar-refractivity contribution in [3.8, 4) is 0 Å². The van der Waals surface area contributed by atoms with E-state index < -0.39 is 6.09 Å². The maximum Gasteiger partial charge on any atom is 0.428 e. The van der Waals surface area contributed by atoms with Crippen LogP contribution in [0.5, 0.6) is 0 Å². The molecule has 0 bridgehead atoms. The van der Waals surface area contributed by atoms with E-state index >= 15 is 0 Å². The third kappa shape index (κ3) is 3.56. The molecule has 0 aliphatic carbocycles. The number of hydrogen-bond acceptors (Lipinski definition) is 4. The van der Waals surface area contributed by atoms with Crippen molar-refractivity contribution in [2.24, 2.45) is 5.10 Å². The van der Waals surface area contributed by atoms with Crippen molar-refractivity contribution in [3.05, 3.63) is 35.9 Å². The van der Waals surface area contributed by atoms with Gasteiger partial charge in [0, 0.05) is 6.42 Å². The summed E-state index contributed by atoms with van der Waals surface area (Å²) in [5, 5.41) is 3.98. The molecule has 1 unspecified atom stereocenters. The van der Waals surface area contributed by atoms with Gasteiger partial charge in [0.05, 0.1) is 18.4 Å². The lowest BCUT2D eigenvalue weighted by Gasteiger charge is -2.05. The number of carbonyl (C=O) groups excluding carboxylic acids is 1. The van der Waals surface area contributed by atoms with Crippen LogP contribution in [0.15, 0.2) is 35.4 Å². The number of nitrogens with one attached hydrogen (secondary N) is 1. The molecule has 2 rings (SSSR count). The van der Waals surface area contributed by atoms with Gasteiger partial charge in [-0.1, -0.05) is 30.3 Å². The first kappa shape index (κ1) is 12.6. The third-order valence-electron chi connectivity index (χ3n) is 2.70. The number of hydrazone groups is 1. The molecule has 18 heavy (non-hydrogen) atoms. The predicted octanol–water partition coefficient (Wildman–Crippen LogP) is 2.08. The van der Waals surface area contributed by atoms with Crippen LogP contribution in [0.3, 0.4) is 0 Å². The van der Waals surface area contributed by atoms with Crippen LogP contribution in [0, 0.1) is 0 Å². The van der Waals surface area contributed by atoms with Crippen molar-refractivity contribution in [3.63, 3.8) is 0 Å². The predicted molar refractivity (Wildman–Crippen MR) is 67.2 cm³/mol. The molecule has 1 fully saturated rings. The van der Waals surface area contributed by atoms with E-state index in [9.17, 15) is 4.79 Å². The number of amides is 1. The highest BCUT2D eigenvalue weighted by Crippen LogP contribution is 2.08. The smallest absolute Gasteiger partial charge is 0.428 e. The zero-order valence-electron chi connectivity index (χ0n) is 10.3. The number of carbonyl (C=O) groups is 1. The topological polar surface area (TPSA) is 59.9 Å². The van der Waals surface area contributed by atoms with Crippen LogP contribution in [0.1, 0.15) is 18.9 Å². The van der Waals surface area contributed by atoms with E-state index in [0.717, 1.165) is 17.7 Å². The lowest BCUT2D eigenvalue weighted by Crippen LogP contribution is -2.22. The molecule has 1 amide bonds. The molecule has 0 radical (unpaired) electrons. The maximum atomic E-state index is 11.4. The molecular weight excluding hydrogens is 232 g/mol. The Morgan fingerprint density at radius 2 is 2.28 bits per heavy atom. The highest BCUT2D eigenvalue weighted by Gasteiger charge is 2.18. The van der Waals surface area contributed by atoms with Gasteiger partial charge in [0.1, 0.15) is 6.61 Å². The molecule has 0 spiro atoms. The van der Waals surface area contributed by atoms with E-state index in [1.807, 2.05) is 37.3 Å². The molecule has 0 saturated carbocycles. The summed E-state index contributed by atoms with van der Waals surface area (Å²) in [6.45, 7) is 2.80. The van der Waals surface area contributed by atoms with Crippen molar-refractivity contribution < 1.29 is 14.3 Å². The van der Waals surface area contributed by atoms with Gasteiger partial charge in [-0.25, -0.2) is 10.2 Å². The van der Waals surface area contributed by atoms with Crippen molar-refractivity contribution in [1.82, 2.24) is 5.43 Å². The van der Waals surface area contributed by atoms with Crippen molar-refractivity contribution in [1.29, 1.82) is 0 Å². The summed E-state index contributed by atoms with van der Waals surface area (Å²) in [6.07, 6.45) is 0.171. The number of nitrogens with zero attached hydrogens (tertiary/aromatic N) is 1. The normalized spacial score (nSPS) is 20.9. The van der Waals surface area contributed by atoms with Crippen LogP contribution in [0.2, 0.25) is 0 Å². The summed E-state index contributed by atoms with van der Waals surface area (Å²) in [6, 6.07) is 9.50. The minimum absolute atomic E-state index is 0.0283. The zero-order valence-corrected chi connectivity index (χ0v) is 10.3. The monoisotopic (exact) mass is 248 g/mol. The largest absolute Gasteiger partial charge is 0.443 e. The lowest BCUT2D eigenvalue weighted by molar-refractivity contribution is 0.139. The number of hydrogen-bond donors (Lipinski definition) is 1. The Labute approximate surface area is 106 Å². The van der Waals surface area contributed by atoms with Gasteiger partial charge >= 0.3 is 6.09 Å². The SMILES string of the molecule is CC1OCC/C1=N\NC(=O)OCc1ccccc1. The van der Waals surface area contributed by atoms with Crippen LogP contribution < -0.4 is 5.43 Å². The van der Waals surface area contributed by atoms with E-state index in [-0.39, 0.29) is 12.7 Å². The highest BCUT2D eigenvalue weighted by atomic mass is 16.6. The minimum Gasteiger partial charge on any atom is -0.443 e. The number of rotatable bonds is 3. The molecule has 1 N–H and O–H groups in total. The van der Waals surface area contributed by atoms with Crippen molar-refractivity contribution in [2.75, 3.05) is 6.61 Å². The second-order valence-electron chi connectivity index (χ2n) is 4.04. The lowest BCUT2D eigenvalue weighted by atomic mass is 10.2. The summed E-state index contributed by atoms with van der Waals surface area (Å²) in [4.78, 5) is 11.4. The Morgan fingerprint density at radius 3 is 2.94 bits per heavy atom. The quantitative estimate of drug-likeness (QED) is 0.833. The van der Waals surface area contributed by atoms with Gasteiger partial charge in [-0.15, -0.1) is 0 Å². The van der Waals surface area contributed by atoms with Gasteiger partial charge in [-0.2, -0.15) is 5.10 Å². The van der Waals surface area contributed by atoms with E-state index in [2.05, 4.69) is 10.5 Å². The van der Waals surface area contributed by atoms with Crippen LogP contribution in [0.25, 0.3) is 0 Å². The fourth-order valence-electron chi connectivity index (χ4n) is 1.66. The highest BCUT2D eigenvalue weighted by molar-refractivity contribution is 5.90. The van der Waals surface area contributed by atoms with Crippen molar-refractivity contribution >= 4 is 11.8 Å². The molecule has 1 atom stereocenters. The molecule has 1 aromatic rings. The third-order valence-corrected chi connectivity index (χ3v) is 2.70. The van der Waals surface area contributed by atoms with E-state index in [1.165, 1.54) is 0 Å². The molecule has 96 valence electrons. The standard InChI is InChI=1S/C13H16N2O3/c1-10-12(7-8-17-10)14-15-13(16)18-9-11-5-3-2-4-6-11/h2-6,10H,7-9H2,1H3,(H,15,16)/b14-12+. The Bertz CT molecular complexity index is 431. The molecule has 1 aliphatic rings. The average molecular weight is 248 g/mol. The van der Waals surface area contributed by atoms with E-state index in [1.54, 1.807) is 0 Å². The molecule has 1 aromatic carbocycles. The summed E-state index contributed by atoms with van der Waals surface area (Å²) < 4.78 is 10.3. The summed E-state index contributed by atoms with van der Waals surface area (Å²) in [7, 11) is 0. The fourth-order valence-corrected chi connectivity index (χ4v) is 1.66. The Hall–Kier alpha value is -1.88. The van der Waals surface area contributed by atoms with Gasteiger partial charge < -0.3 is 9.47 Å². The summed E-state index contributed by atoms with van der Waals surface area (Å²) >= 11 is 0. The number of benzene rings is 1. The summed E-state index contributed by atoms with van der Waals surface area (Å²) in [5.74, 6) is 0. The Morgan fingerprint density at radius 1 is 1.50 bits per heavy atom. The van der Waals surface area contributed by atoms with Gasteiger partial charge in [-0.3, -0.25) is 0 Å². The van der Waals surface area contributed by atoms with Gasteiger partial charge in [0.2, 0.25) is 0 Å². The first-order valence-corrected chi connectivity index (χ1v) is 5.90. The molecule has 1 aliphatic heterocycles. The maximum absolute atomic E-state index is 11.4.